The van der Waals surface area contributed by atoms with Crippen LogP contribution in [0, 0.1) is 24.7 Å². The molecule has 0 spiro atoms. The van der Waals surface area contributed by atoms with Crippen LogP contribution in [0.3, 0.4) is 0 Å². The van der Waals surface area contributed by atoms with Crippen molar-refractivity contribution in [3.8, 4) is 0 Å². The Balaban J connectivity index is 1.45. The van der Waals surface area contributed by atoms with Gasteiger partial charge in [0.15, 0.2) is 11.5 Å². The number of nitrogen functional groups attached to an aromatic ring is 1. The number of nitrogens with one attached hydrogen (secondary N) is 3. The van der Waals surface area contributed by atoms with Crippen LogP contribution in [-0.2, 0) is 0 Å². The van der Waals surface area contributed by atoms with Crippen LogP contribution in [0.5, 0.6) is 0 Å². The molecule has 2 aliphatic carbocycles. The third kappa shape index (κ3) is 1.95. The number of aromatic nitrogens is 5. The van der Waals surface area contributed by atoms with Gasteiger partial charge in [0.1, 0.15) is 0 Å². The van der Waals surface area contributed by atoms with Crippen LogP contribution in [-0.4, -0.2) is 25.4 Å². The monoisotopic (exact) mass is 385 g/mol. The second kappa shape index (κ2) is 5.28. The summed E-state index contributed by atoms with van der Waals surface area (Å²) < 4.78 is 0. The van der Waals surface area contributed by atoms with Crippen molar-refractivity contribution in [3.63, 3.8) is 0 Å². The number of fused-ring (bicyclic) bond motifs is 10. The number of rotatable bonds is 1. The fourth-order valence-corrected chi connectivity index (χ4v) is 6.69. The molecule has 2 bridgehead atoms. The van der Waals surface area contributed by atoms with Gasteiger partial charge in [-0.3, -0.25) is 10.2 Å². The molecule has 2 saturated carbocycles. The van der Waals surface area contributed by atoms with Gasteiger partial charge < -0.3 is 11.1 Å². The summed E-state index contributed by atoms with van der Waals surface area (Å²) in [4.78, 5) is 4.66. The predicted molar refractivity (Wildman–Crippen MR) is 113 cm³/mol. The molecular weight excluding hydrogens is 362 g/mol. The Morgan fingerprint density at radius 1 is 1.10 bits per heavy atom. The van der Waals surface area contributed by atoms with E-state index in [0.29, 0.717) is 17.7 Å². The van der Waals surface area contributed by atoms with Crippen molar-refractivity contribution in [1.29, 1.82) is 0 Å². The topological polar surface area (TPSA) is 108 Å². The van der Waals surface area contributed by atoms with Crippen LogP contribution in [0.1, 0.15) is 48.0 Å². The first-order valence-electron chi connectivity index (χ1n) is 10.5. The largest absolute Gasteiger partial charge is 0.382 e. The summed E-state index contributed by atoms with van der Waals surface area (Å²) in [6, 6.07) is 6.82. The van der Waals surface area contributed by atoms with Crippen LogP contribution < -0.4 is 11.1 Å². The van der Waals surface area contributed by atoms with E-state index < -0.39 is 0 Å². The van der Waals surface area contributed by atoms with E-state index in [4.69, 9.17) is 5.73 Å². The van der Waals surface area contributed by atoms with E-state index >= 15 is 0 Å². The van der Waals surface area contributed by atoms with Gasteiger partial charge in [-0.15, -0.1) is 0 Å². The van der Waals surface area contributed by atoms with E-state index in [2.05, 4.69) is 55.8 Å². The molecule has 0 radical (unpaired) electrons. The molecule has 4 aromatic rings. The number of hydrogen-bond donors (Lipinski definition) is 4. The van der Waals surface area contributed by atoms with Gasteiger partial charge in [-0.05, 0) is 73.1 Å². The summed E-state index contributed by atoms with van der Waals surface area (Å²) in [5.41, 5.74) is 13.0. The minimum Gasteiger partial charge on any atom is -0.382 e. The summed E-state index contributed by atoms with van der Waals surface area (Å²) in [6.45, 7) is 2.09. The molecule has 4 heterocycles. The van der Waals surface area contributed by atoms with E-state index in [1.165, 1.54) is 41.5 Å². The zero-order valence-electron chi connectivity index (χ0n) is 16.2. The Kier molecular flexibility index (Phi) is 2.88. The summed E-state index contributed by atoms with van der Waals surface area (Å²) in [7, 11) is 0. The number of nitrogens with zero attached hydrogens (tertiary/aromatic N) is 3. The molecule has 3 aromatic heterocycles. The molecule has 7 heteroatoms. The number of aromatic amines is 2. The molecule has 1 aliphatic heterocycles. The molecular formula is C22H23N7. The minimum absolute atomic E-state index is 0.271. The van der Waals surface area contributed by atoms with E-state index in [1.807, 2.05) is 6.20 Å². The summed E-state index contributed by atoms with van der Waals surface area (Å²) in [6.07, 6.45) is 6.01. The van der Waals surface area contributed by atoms with Crippen molar-refractivity contribution in [2.45, 2.75) is 38.1 Å². The highest BCUT2D eigenvalue weighted by molar-refractivity contribution is 5.90. The van der Waals surface area contributed by atoms with Crippen LogP contribution in [0.25, 0.3) is 21.9 Å². The Labute approximate surface area is 167 Å². The molecule has 7 rings (SSSR count). The number of anilines is 2. The van der Waals surface area contributed by atoms with Crippen molar-refractivity contribution in [3.05, 3.63) is 41.2 Å². The lowest BCUT2D eigenvalue weighted by Gasteiger charge is -2.43. The van der Waals surface area contributed by atoms with Crippen LogP contribution in [0.15, 0.2) is 24.4 Å². The fraction of sp³-hybridized carbons (Fsp3) is 0.409. The lowest BCUT2D eigenvalue weighted by Crippen LogP contribution is -2.35. The molecule has 1 aromatic carbocycles. The molecule has 29 heavy (non-hydrogen) atoms. The Hall–Kier alpha value is -3.09. The maximum absolute atomic E-state index is 6.10. The van der Waals surface area contributed by atoms with Gasteiger partial charge in [-0.25, -0.2) is 4.98 Å². The molecule has 0 amide bonds. The van der Waals surface area contributed by atoms with E-state index in [0.717, 1.165) is 34.1 Å². The molecule has 5 atom stereocenters. The van der Waals surface area contributed by atoms with E-state index in [-0.39, 0.29) is 6.04 Å². The normalized spacial score (nSPS) is 29.9. The lowest BCUT2D eigenvalue weighted by atomic mass is 9.67. The molecule has 0 saturated heterocycles. The molecule has 146 valence electrons. The number of nitrogens with two attached hydrogens (primary N) is 1. The van der Waals surface area contributed by atoms with E-state index in [9.17, 15) is 0 Å². The molecule has 3 aliphatic rings. The first-order valence-corrected chi connectivity index (χ1v) is 10.5. The van der Waals surface area contributed by atoms with Gasteiger partial charge in [0, 0.05) is 10.8 Å². The molecule has 5 N–H and O–H groups in total. The number of benzene rings is 1. The second-order valence-corrected chi connectivity index (χ2v) is 9.09. The highest BCUT2D eigenvalue weighted by Gasteiger charge is 2.54. The van der Waals surface area contributed by atoms with Crippen molar-refractivity contribution < 1.29 is 0 Å². The number of hydrogen-bond acceptors (Lipinski definition) is 5. The smallest absolute Gasteiger partial charge is 0.155 e. The highest BCUT2D eigenvalue weighted by atomic mass is 15.2. The number of H-pyrrole nitrogens is 2. The average Bonchev–Trinajstić information content (AvgIpc) is 3.52. The van der Waals surface area contributed by atoms with Crippen molar-refractivity contribution in [1.82, 2.24) is 25.4 Å². The second-order valence-electron chi connectivity index (χ2n) is 9.09. The summed E-state index contributed by atoms with van der Waals surface area (Å²) in [5, 5.41) is 20.9. The third-order valence-corrected chi connectivity index (χ3v) is 7.80. The zero-order valence-corrected chi connectivity index (χ0v) is 16.2. The maximum Gasteiger partial charge on any atom is 0.155 e. The first-order chi connectivity index (χ1) is 14.2. The molecule has 2 fully saturated rings. The Morgan fingerprint density at radius 2 is 2.00 bits per heavy atom. The third-order valence-electron chi connectivity index (χ3n) is 7.80. The fourth-order valence-electron chi connectivity index (χ4n) is 6.69. The van der Waals surface area contributed by atoms with Gasteiger partial charge in [0.2, 0.25) is 0 Å². The van der Waals surface area contributed by atoms with E-state index in [1.54, 1.807) is 0 Å². The van der Waals surface area contributed by atoms with Crippen LogP contribution in [0.2, 0.25) is 0 Å². The summed E-state index contributed by atoms with van der Waals surface area (Å²) >= 11 is 0. The summed E-state index contributed by atoms with van der Waals surface area (Å²) in [5.74, 6) is 3.25. The average molecular weight is 385 g/mol. The van der Waals surface area contributed by atoms with Crippen molar-refractivity contribution >= 4 is 33.4 Å². The van der Waals surface area contributed by atoms with Gasteiger partial charge in [-0.2, -0.15) is 10.2 Å². The molecule has 7 nitrogen and oxygen atoms in total. The lowest BCUT2D eigenvalue weighted by molar-refractivity contribution is 0.249. The van der Waals surface area contributed by atoms with Crippen LogP contribution in [0.4, 0.5) is 11.5 Å². The number of aryl methyl sites for hydroxylation is 1. The Morgan fingerprint density at radius 3 is 2.93 bits per heavy atom. The van der Waals surface area contributed by atoms with Crippen molar-refractivity contribution in [2.24, 2.45) is 17.8 Å². The van der Waals surface area contributed by atoms with Gasteiger partial charge in [-0.1, -0.05) is 6.07 Å². The SMILES string of the molecule is Cc1n[nH]c2ncc3c(c12)[C@H]1C2CCC(C2)[C@H]1[C@H](c1ccc2[nH]nc(N)c2c1)N3. The van der Waals surface area contributed by atoms with Crippen LogP contribution >= 0.6 is 0 Å². The maximum atomic E-state index is 6.10. The van der Waals surface area contributed by atoms with Gasteiger partial charge >= 0.3 is 0 Å². The van der Waals surface area contributed by atoms with Crippen molar-refractivity contribution in [2.75, 3.05) is 11.1 Å². The highest BCUT2D eigenvalue weighted by Crippen LogP contribution is 2.64. The number of pyridine rings is 1. The zero-order chi connectivity index (χ0) is 19.3. The molecule has 2 unspecified atom stereocenters. The van der Waals surface area contributed by atoms with Gasteiger partial charge in [0.25, 0.3) is 0 Å². The quantitative estimate of drug-likeness (QED) is 0.396. The minimum atomic E-state index is 0.271. The standard InChI is InChI=1S/C22H23N7/c1-9-16-19-15(8-24-22(16)29-26-9)25-20(18-11-3-2-10(6-11)17(18)19)12-4-5-14-13(7-12)21(23)28-27-14/h4-5,7-8,10-11,17-18,20,25H,2-3,6H2,1H3,(H3,23,27,28)(H,24,26,29)/t10?,11?,17-,18+,20-/m0/s1. The Bertz CT molecular complexity index is 1290. The first kappa shape index (κ1) is 15.8. The van der Waals surface area contributed by atoms with Gasteiger partial charge in [0.05, 0.1) is 29.1 Å². The predicted octanol–water partition coefficient (Wildman–Crippen LogP) is 4.02.